The first-order valence-corrected chi connectivity index (χ1v) is 10.2. The minimum Gasteiger partial charge on any atom is -0.459 e. The summed E-state index contributed by atoms with van der Waals surface area (Å²) >= 11 is 0. The van der Waals surface area contributed by atoms with Crippen molar-refractivity contribution in [3.8, 4) is 0 Å². The zero-order valence-electron chi connectivity index (χ0n) is 16.1. The Morgan fingerprint density at radius 3 is 2.82 bits per heavy atom. The molecule has 2 aromatic heterocycles. The average Bonchev–Trinajstić information content (AvgIpc) is 3.32. The van der Waals surface area contributed by atoms with Gasteiger partial charge in [0, 0.05) is 34.6 Å². The number of aromatic nitrogens is 1. The Balaban J connectivity index is 1.18. The molecule has 1 aliphatic heterocycles. The zero-order chi connectivity index (χ0) is 18.9. The molecule has 5 rings (SSSR count). The van der Waals surface area contributed by atoms with E-state index < -0.39 is 0 Å². The molecule has 0 amide bonds. The number of hydrogen-bond donors (Lipinski definition) is 2. The third kappa shape index (κ3) is 3.13. The first-order valence-electron chi connectivity index (χ1n) is 10.2. The van der Waals surface area contributed by atoms with Crippen LogP contribution in [0.5, 0.6) is 0 Å². The van der Waals surface area contributed by atoms with Gasteiger partial charge in [0.05, 0.1) is 18.7 Å². The Morgan fingerprint density at radius 2 is 1.89 bits per heavy atom. The summed E-state index contributed by atoms with van der Waals surface area (Å²) in [5.74, 6) is 1.15. The summed E-state index contributed by atoms with van der Waals surface area (Å²) in [6.45, 7) is 3.23. The van der Waals surface area contributed by atoms with E-state index in [2.05, 4.69) is 40.3 Å². The lowest BCUT2D eigenvalue weighted by Crippen LogP contribution is -2.30. The second-order valence-electron chi connectivity index (χ2n) is 7.79. The van der Waals surface area contributed by atoms with Crippen LogP contribution in [0.15, 0.2) is 53.1 Å². The van der Waals surface area contributed by atoms with Crippen LogP contribution in [0.3, 0.4) is 0 Å². The van der Waals surface area contributed by atoms with E-state index in [1.165, 1.54) is 34.7 Å². The minimum absolute atomic E-state index is 0.0794. The molecule has 0 spiro atoms. The number of H-pyrrole nitrogens is 1. The second-order valence-corrected chi connectivity index (χ2v) is 7.79. The molecule has 0 fully saturated rings. The Kier molecular flexibility index (Phi) is 4.67. The summed E-state index contributed by atoms with van der Waals surface area (Å²) < 4.78 is 6.09. The number of aryl methyl sites for hydroxylation is 1. The van der Waals surface area contributed by atoms with Gasteiger partial charge in [-0.05, 0) is 43.9 Å². The maximum absolute atomic E-state index is 9.49. The molecule has 4 aromatic rings. The molecule has 144 valence electrons. The molecule has 0 aliphatic carbocycles. The number of benzene rings is 2. The first kappa shape index (κ1) is 17.5. The first-order chi connectivity index (χ1) is 13.8. The van der Waals surface area contributed by atoms with Crippen molar-refractivity contribution >= 4 is 21.9 Å². The quantitative estimate of drug-likeness (QED) is 0.477. The number of aliphatic hydroxyl groups excluding tert-OH is 1. The fourth-order valence-electron chi connectivity index (χ4n) is 4.56. The Morgan fingerprint density at radius 1 is 1.00 bits per heavy atom. The van der Waals surface area contributed by atoms with E-state index in [1.807, 2.05) is 18.2 Å². The molecule has 0 atom stereocenters. The van der Waals surface area contributed by atoms with Crippen molar-refractivity contribution in [2.75, 3.05) is 13.1 Å². The van der Waals surface area contributed by atoms with Gasteiger partial charge in [0.15, 0.2) is 0 Å². The molecular weight excluding hydrogens is 348 g/mol. The van der Waals surface area contributed by atoms with Crippen LogP contribution < -0.4 is 0 Å². The highest BCUT2D eigenvalue weighted by molar-refractivity contribution is 5.86. The maximum atomic E-state index is 9.49. The van der Waals surface area contributed by atoms with Gasteiger partial charge < -0.3 is 14.5 Å². The van der Waals surface area contributed by atoms with Crippen molar-refractivity contribution in [2.24, 2.45) is 0 Å². The van der Waals surface area contributed by atoms with Crippen molar-refractivity contribution in [3.05, 3.63) is 71.1 Å². The van der Waals surface area contributed by atoms with Crippen LogP contribution in [0.1, 0.15) is 35.3 Å². The van der Waals surface area contributed by atoms with E-state index in [4.69, 9.17) is 4.42 Å². The number of nitrogens with one attached hydrogen (secondary N) is 1. The maximum Gasteiger partial charge on any atom is 0.134 e. The highest BCUT2D eigenvalue weighted by Gasteiger charge is 2.21. The standard InChI is InChI=1S/C24H26N2O2/c27-16-18-7-5-9-19-17(14-25-24(18)19)6-3-4-12-26-13-11-21-20-8-1-2-10-22(20)28-23(21)15-26/h1-2,5,7-10,14,25,27H,3-4,6,11-13,15-16H2. The van der Waals surface area contributed by atoms with Crippen LogP contribution in [0.2, 0.25) is 0 Å². The van der Waals surface area contributed by atoms with E-state index in [0.717, 1.165) is 54.9 Å². The number of furan rings is 1. The number of aliphatic hydroxyl groups is 1. The molecule has 2 aromatic carbocycles. The van der Waals surface area contributed by atoms with Crippen LogP contribution in [0.4, 0.5) is 0 Å². The van der Waals surface area contributed by atoms with Crippen LogP contribution in [-0.4, -0.2) is 28.1 Å². The molecule has 3 heterocycles. The predicted molar refractivity (Wildman–Crippen MR) is 112 cm³/mol. The van der Waals surface area contributed by atoms with E-state index in [0.29, 0.717) is 0 Å². The molecule has 0 saturated heterocycles. The van der Waals surface area contributed by atoms with Gasteiger partial charge in [0.2, 0.25) is 0 Å². The highest BCUT2D eigenvalue weighted by atomic mass is 16.3. The number of rotatable bonds is 6. The molecule has 28 heavy (non-hydrogen) atoms. The molecule has 0 saturated carbocycles. The molecule has 0 unspecified atom stereocenters. The average molecular weight is 374 g/mol. The van der Waals surface area contributed by atoms with Gasteiger partial charge in [-0.15, -0.1) is 0 Å². The fourth-order valence-corrected chi connectivity index (χ4v) is 4.56. The van der Waals surface area contributed by atoms with E-state index in [9.17, 15) is 5.11 Å². The van der Waals surface area contributed by atoms with Crippen LogP contribution in [0, 0.1) is 0 Å². The molecule has 0 bridgehead atoms. The topological polar surface area (TPSA) is 52.4 Å². The third-order valence-electron chi connectivity index (χ3n) is 6.06. The van der Waals surface area contributed by atoms with Crippen molar-refractivity contribution in [1.82, 2.24) is 9.88 Å². The molecule has 1 aliphatic rings. The largest absolute Gasteiger partial charge is 0.459 e. The molecule has 4 nitrogen and oxygen atoms in total. The number of para-hydroxylation sites is 2. The zero-order valence-corrected chi connectivity index (χ0v) is 16.1. The molecule has 0 radical (unpaired) electrons. The van der Waals surface area contributed by atoms with Crippen LogP contribution >= 0.6 is 0 Å². The molecule has 2 N–H and O–H groups in total. The monoisotopic (exact) mass is 374 g/mol. The number of unbranched alkanes of at least 4 members (excludes halogenated alkanes) is 1. The second kappa shape index (κ2) is 7.46. The molecule has 4 heteroatoms. The van der Waals surface area contributed by atoms with E-state index in [1.54, 1.807) is 0 Å². The predicted octanol–water partition coefficient (Wildman–Crippen LogP) is 4.79. The normalized spacial score (nSPS) is 14.8. The van der Waals surface area contributed by atoms with Crippen LogP contribution in [-0.2, 0) is 26.0 Å². The smallest absolute Gasteiger partial charge is 0.134 e. The minimum atomic E-state index is 0.0794. The Labute approximate surface area is 164 Å². The fraction of sp³-hybridized carbons (Fsp3) is 0.333. The summed E-state index contributed by atoms with van der Waals surface area (Å²) in [7, 11) is 0. The summed E-state index contributed by atoms with van der Waals surface area (Å²) in [6.07, 6.45) is 6.60. The van der Waals surface area contributed by atoms with E-state index >= 15 is 0 Å². The number of nitrogens with zero attached hydrogens (tertiary/aromatic N) is 1. The number of fused-ring (bicyclic) bond motifs is 4. The van der Waals surface area contributed by atoms with Crippen molar-refractivity contribution in [2.45, 2.75) is 38.8 Å². The van der Waals surface area contributed by atoms with Crippen molar-refractivity contribution < 1.29 is 9.52 Å². The lowest BCUT2D eigenvalue weighted by atomic mass is 10.0. The Hall–Kier alpha value is -2.56. The van der Waals surface area contributed by atoms with Crippen molar-refractivity contribution in [3.63, 3.8) is 0 Å². The lowest BCUT2D eigenvalue weighted by molar-refractivity contribution is 0.227. The van der Waals surface area contributed by atoms with Gasteiger partial charge in [-0.3, -0.25) is 4.90 Å². The van der Waals surface area contributed by atoms with Gasteiger partial charge in [0.1, 0.15) is 11.3 Å². The van der Waals surface area contributed by atoms with Gasteiger partial charge in [-0.2, -0.15) is 0 Å². The summed E-state index contributed by atoms with van der Waals surface area (Å²) in [4.78, 5) is 5.86. The van der Waals surface area contributed by atoms with Gasteiger partial charge >= 0.3 is 0 Å². The van der Waals surface area contributed by atoms with Crippen molar-refractivity contribution in [1.29, 1.82) is 0 Å². The van der Waals surface area contributed by atoms with Gasteiger partial charge in [0.25, 0.3) is 0 Å². The van der Waals surface area contributed by atoms with Gasteiger partial charge in [-0.1, -0.05) is 36.4 Å². The van der Waals surface area contributed by atoms with Crippen LogP contribution in [0.25, 0.3) is 21.9 Å². The SMILES string of the molecule is OCc1cccc2c(CCCCN3CCc4c(oc5ccccc45)C3)c[nH]c12. The molecular formula is C24H26N2O2. The lowest BCUT2D eigenvalue weighted by Gasteiger charge is -2.25. The number of hydrogen-bond acceptors (Lipinski definition) is 3. The van der Waals surface area contributed by atoms with Gasteiger partial charge in [-0.25, -0.2) is 0 Å². The Bertz CT molecular complexity index is 1110. The third-order valence-corrected chi connectivity index (χ3v) is 6.06. The van der Waals surface area contributed by atoms with E-state index in [-0.39, 0.29) is 6.61 Å². The summed E-state index contributed by atoms with van der Waals surface area (Å²) in [6, 6.07) is 14.5. The number of aromatic amines is 1. The summed E-state index contributed by atoms with van der Waals surface area (Å²) in [5.41, 5.74) is 5.83. The highest BCUT2D eigenvalue weighted by Crippen LogP contribution is 2.30. The summed E-state index contributed by atoms with van der Waals surface area (Å²) in [5, 5.41) is 12.0.